The molecule has 0 unspecified atom stereocenters. The van der Waals surface area contributed by atoms with Crippen molar-refractivity contribution < 1.29 is 0 Å². The molecule has 0 radical (unpaired) electrons. The molecule has 2 N–H and O–H groups in total. The SMILES string of the molecule is CNCc1nccc(NCC(C)(C)C2CCCC2)n1. The van der Waals surface area contributed by atoms with Gasteiger partial charge in [-0.25, -0.2) is 9.97 Å². The van der Waals surface area contributed by atoms with Gasteiger partial charge in [0.2, 0.25) is 0 Å². The summed E-state index contributed by atoms with van der Waals surface area (Å²) in [5.41, 5.74) is 0.338. The summed E-state index contributed by atoms with van der Waals surface area (Å²) in [5.74, 6) is 2.62. The largest absolute Gasteiger partial charge is 0.369 e. The zero-order valence-corrected chi connectivity index (χ0v) is 12.4. The van der Waals surface area contributed by atoms with E-state index in [2.05, 4.69) is 34.4 Å². The third-order valence-electron chi connectivity index (χ3n) is 4.23. The average molecular weight is 262 g/mol. The van der Waals surface area contributed by atoms with Crippen molar-refractivity contribution in [1.82, 2.24) is 15.3 Å². The lowest BCUT2D eigenvalue weighted by Crippen LogP contribution is -2.30. The highest BCUT2D eigenvalue weighted by molar-refractivity contribution is 5.33. The van der Waals surface area contributed by atoms with Crippen LogP contribution in [0.2, 0.25) is 0 Å². The summed E-state index contributed by atoms with van der Waals surface area (Å²) in [5, 5.41) is 6.56. The minimum absolute atomic E-state index is 0.338. The first-order valence-electron chi connectivity index (χ1n) is 7.32. The predicted molar refractivity (Wildman–Crippen MR) is 79.0 cm³/mol. The van der Waals surface area contributed by atoms with Crippen LogP contribution < -0.4 is 10.6 Å². The minimum atomic E-state index is 0.338. The Morgan fingerprint density at radius 3 is 2.74 bits per heavy atom. The Morgan fingerprint density at radius 2 is 2.05 bits per heavy atom. The van der Waals surface area contributed by atoms with Gasteiger partial charge in [-0.2, -0.15) is 0 Å². The van der Waals surface area contributed by atoms with Gasteiger partial charge < -0.3 is 10.6 Å². The van der Waals surface area contributed by atoms with E-state index in [4.69, 9.17) is 0 Å². The molecular formula is C15H26N4. The van der Waals surface area contributed by atoms with Gasteiger partial charge in [-0.1, -0.05) is 26.7 Å². The standard InChI is InChI=1S/C15H26N4/c1-15(2,12-6-4-5-7-12)11-18-13-8-9-17-14(19-13)10-16-3/h8-9,12,16H,4-7,10-11H2,1-3H3,(H,17,18,19). The summed E-state index contributed by atoms with van der Waals surface area (Å²) in [4.78, 5) is 8.74. The molecule has 0 saturated heterocycles. The first-order chi connectivity index (χ1) is 9.12. The van der Waals surface area contributed by atoms with Gasteiger partial charge in [-0.05, 0) is 37.3 Å². The van der Waals surface area contributed by atoms with E-state index in [1.54, 1.807) is 0 Å². The summed E-state index contributed by atoms with van der Waals surface area (Å²) in [7, 11) is 1.91. The Kier molecular flexibility index (Phi) is 4.75. The third kappa shape index (κ3) is 3.90. The van der Waals surface area contributed by atoms with Gasteiger partial charge in [0.05, 0.1) is 6.54 Å². The topological polar surface area (TPSA) is 49.8 Å². The molecule has 1 fully saturated rings. The van der Waals surface area contributed by atoms with Crippen LogP contribution in [0.25, 0.3) is 0 Å². The molecule has 0 aromatic carbocycles. The molecule has 1 aliphatic rings. The molecule has 1 aromatic heterocycles. The van der Waals surface area contributed by atoms with Gasteiger partial charge in [0.1, 0.15) is 11.6 Å². The zero-order valence-electron chi connectivity index (χ0n) is 12.4. The van der Waals surface area contributed by atoms with E-state index in [0.29, 0.717) is 12.0 Å². The molecule has 0 spiro atoms. The van der Waals surface area contributed by atoms with Crippen molar-refractivity contribution in [1.29, 1.82) is 0 Å². The number of anilines is 1. The van der Waals surface area contributed by atoms with E-state index in [1.165, 1.54) is 25.7 Å². The molecule has 4 heteroatoms. The molecule has 1 aromatic rings. The van der Waals surface area contributed by atoms with E-state index in [-0.39, 0.29) is 0 Å². The highest BCUT2D eigenvalue weighted by Gasteiger charge is 2.31. The third-order valence-corrected chi connectivity index (χ3v) is 4.23. The van der Waals surface area contributed by atoms with Gasteiger partial charge in [0, 0.05) is 12.7 Å². The monoisotopic (exact) mass is 262 g/mol. The maximum atomic E-state index is 4.51. The van der Waals surface area contributed by atoms with Crippen LogP contribution in [0.15, 0.2) is 12.3 Å². The number of hydrogen-bond acceptors (Lipinski definition) is 4. The molecule has 1 saturated carbocycles. The Balaban J connectivity index is 1.92. The van der Waals surface area contributed by atoms with E-state index in [1.807, 2.05) is 19.3 Å². The first-order valence-corrected chi connectivity index (χ1v) is 7.32. The van der Waals surface area contributed by atoms with Crippen LogP contribution in [0.3, 0.4) is 0 Å². The minimum Gasteiger partial charge on any atom is -0.369 e. The lowest BCUT2D eigenvalue weighted by atomic mass is 9.78. The molecule has 0 bridgehead atoms. The Morgan fingerprint density at radius 1 is 1.32 bits per heavy atom. The molecule has 106 valence electrons. The first kappa shape index (κ1) is 14.3. The van der Waals surface area contributed by atoms with Crippen molar-refractivity contribution in [2.75, 3.05) is 18.9 Å². The normalized spacial score (nSPS) is 16.8. The summed E-state index contributed by atoms with van der Waals surface area (Å²) in [6.07, 6.45) is 7.37. The van der Waals surface area contributed by atoms with Crippen molar-refractivity contribution in [3.05, 3.63) is 18.1 Å². The quantitative estimate of drug-likeness (QED) is 0.827. The maximum Gasteiger partial charge on any atom is 0.144 e. The fourth-order valence-electron chi connectivity index (χ4n) is 2.91. The van der Waals surface area contributed by atoms with Crippen molar-refractivity contribution in [2.45, 2.75) is 46.1 Å². The van der Waals surface area contributed by atoms with Gasteiger partial charge in [-0.3, -0.25) is 0 Å². The average Bonchev–Trinajstić information content (AvgIpc) is 2.92. The van der Waals surface area contributed by atoms with E-state index < -0.39 is 0 Å². The van der Waals surface area contributed by atoms with Crippen molar-refractivity contribution in [3.8, 4) is 0 Å². The summed E-state index contributed by atoms with van der Waals surface area (Å²) >= 11 is 0. The Hall–Kier alpha value is -1.16. The fraction of sp³-hybridized carbons (Fsp3) is 0.733. The fourth-order valence-corrected chi connectivity index (χ4v) is 2.91. The number of nitrogens with one attached hydrogen (secondary N) is 2. The number of hydrogen-bond donors (Lipinski definition) is 2. The molecule has 4 nitrogen and oxygen atoms in total. The van der Waals surface area contributed by atoms with Crippen LogP contribution in [-0.2, 0) is 6.54 Å². The summed E-state index contributed by atoms with van der Waals surface area (Å²) in [6.45, 7) is 6.42. The molecule has 19 heavy (non-hydrogen) atoms. The van der Waals surface area contributed by atoms with Crippen LogP contribution in [-0.4, -0.2) is 23.6 Å². The van der Waals surface area contributed by atoms with E-state index in [9.17, 15) is 0 Å². The highest BCUT2D eigenvalue weighted by atomic mass is 15.0. The van der Waals surface area contributed by atoms with Crippen LogP contribution in [0, 0.1) is 11.3 Å². The van der Waals surface area contributed by atoms with Crippen LogP contribution in [0.4, 0.5) is 5.82 Å². The smallest absolute Gasteiger partial charge is 0.144 e. The summed E-state index contributed by atoms with van der Waals surface area (Å²) < 4.78 is 0. The zero-order chi connectivity index (χ0) is 13.7. The van der Waals surface area contributed by atoms with E-state index in [0.717, 1.165) is 24.1 Å². The Labute approximate surface area is 116 Å². The van der Waals surface area contributed by atoms with Gasteiger partial charge >= 0.3 is 0 Å². The second kappa shape index (κ2) is 6.33. The second-order valence-electron chi connectivity index (χ2n) is 6.21. The number of nitrogens with zero attached hydrogens (tertiary/aromatic N) is 2. The van der Waals surface area contributed by atoms with Crippen molar-refractivity contribution >= 4 is 5.82 Å². The van der Waals surface area contributed by atoms with Crippen LogP contribution in [0.1, 0.15) is 45.4 Å². The van der Waals surface area contributed by atoms with E-state index >= 15 is 0 Å². The van der Waals surface area contributed by atoms with Crippen molar-refractivity contribution in [3.63, 3.8) is 0 Å². The maximum absolute atomic E-state index is 4.51. The van der Waals surface area contributed by atoms with Gasteiger partial charge in [-0.15, -0.1) is 0 Å². The molecule has 0 amide bonds. The molecular weight excluding hydrogens is 236 g/mol. The lowest BCUT2D eigenvalue weighted by molar-refractivity contribution is 0.234. The van der Waals surface area contributed by atoms with Crippen LogP contribution in [0.5, 0.6) is 0 Å². The van der Waals surface area contributed by atoms with Crippen molar-refractivity contribution in [2.24, 2.45) is 11.3 Å². The second-order valence-corrected chi connectivity index (χ2v) is 6.21. The highest BCUT2D eigenvalue weighted by Crippen LogP contribution is 2.39. The predicted octanol–water partition coefficient (Wildman–Crippen LogP) is 2.82. The lowest BCUT2D eigenvalue weighted by Gasteiger charge is -2.32. The number of rotatable bonds is 6. The molecule has 0 atom stereocenters. The molecule has 0 aliphatic heterocycles. The Bertz CT molecular complexity index is 397. The number of aromatic nitrogens is 2. The molecule has 2 rings (SSSR count). The molecule has 1 heterocycles. The van der Waals surface area contributed by atoms with Gasteiger partial charge in [0.25, 0.3) is 0 Å². The molecule has 1 aliphatic carbocycles. The van der Waals surface area contributed by atoms with Gasteiger partial charge in [0.15, 0.2) is 0 Å². The summed E-state index contributed by atoms with van der Waals surface area (Å²) in [6, 6.07) is 1.95. The van der Waals surface area contributed by atoms with Crippen LogP contribution >= 0.6 is 0 Å².